The third kappa shape index (κ3) is 3.34. The minimum atomic E-state index is 0.211. The molecule has 1 fully saturated rings. The molecule has 1 aliphatic rings. The van der Waals surface area contributed by atoms with Crippen LogP contribution in [0.5, 0.6) is 0 Å². The zero-order valence-corrected chi connectivity index (χ0v) is 10.9. The van der Waals surface area contributed by atoms with E-state index in [1.165, 1.54) is 12.1 Å². The number of hydrogen-bond donors (Lipinski definition) is 3. The molecule has 0 amide bonds. The molecule has 1 saturated heterocycles. The summed E-state index contributed by atoms with van der Waals surface area (Å²) in [6, 6.07) is 4.72. The highest BCUT2D eigenvalue weighted by atomic mass is 16.3. The molecule has 1 aromatic heterocycles. The number of nitrogens with zero attached hydrogens (tertiary/aromatic N) is 2. The van der Waals surface area contributed by atoms with Gasteiger partial charge in [-0.2, -0.15) is 0 Å². The molecule has 1 unspecified atom stereocenters. The molecular weight excluding hydrogens is 228 g/mol. The fraction of sp³-hybridized carbons (Fsp3) is 0.615. The first-order valence-corrected chi connectivity index (χ1v) is 6.56. The molecule has 1 atom stereocenters. The number of nitrogens with one attached hydrogen (secondary N) is 2. The molecule has 0 aliphatic carbocycles. The minimum absolute atomic E-state index is 0.211. The van der Waals surface area contributed by atoms with Gasteiger partial charge in [0.2, 0.25) is 0 Å². The van der Waals surface area contributed by atoms with Crippen molar-refractivity contribution >= 4 is 11.5 Å². The molecule has 0 spiro atoms. The largest absolute Gasteiger partial charge is 0.396 e. The summed E-state index contributed by atoms with van der Waals surface area (Å²) in [7, 11) is 2.02. The molecule has 1 aromatic rings. The maximum absolute atomic E-state index is 8.75. The van der Waals surface area contributed by atoms with E-state index in [4.69, 9.17) is 5.11 Å². The van der Waals surface area contributed by atoms with E-state index in [0.717, 1.165) is 31.9 Å². The van der Waals surface area contributed by atoms with Crippen molar-refractivity contribution in [3.8, 4) is 0 Å². The Kier molecular flexibility index (Phi) is 4.78. The van der Waals surface area contributed by atoms with Crippen molar-refractivity contribution in [2.45, 2.75) is 18.9 Å². The van der Waals surface area contributed by atoms with Gasteiger partial charge in [0.15, 0.2) is 0 Å². The quantitative estimate of drug-likeness (QED) is 0.648. The predicted molar refractivity (Wildman–Crippen MR) is 74.1 cm³/mol. The summed E-state index contributed by atoms with van der Waals surface area (Å²) in [6.07, 6.45) is 3.77. The lowest BCUT2D eigenvalue weighted by molar-refractivity contribution is 0.292. The van der Waals surface area contributed by atoms with E-state index in [0.29, 0.717) is 6.04 Å². The van der Waals surface area contributed by atoms with Crippen LogP contribution in [-0.4, -0.2) is 49.4 Å². The second-order valence-electron chi connectivity index (χ2n) is 4.62. The molecule has 2 heterocycles. The van der Waals surface area contributed by atoms with Gasteiger partial charge in [0.25, 0.3) is 0 Å². The summed E-state index contributed by atoms with van der Waals surface area (Å²) >= 11 is 0. The van der Waals surface area contributed by atoms with Crippen LogP contribution in [-0.2, 0) is 0 Å². The Labute approximate surface area is 108 Å². The zero-order chi connectivity index (χ0) is 12.8. The molecule has 5 heteroatoms. The molecule has 0 radical (unpaired) electrons. The number of anilines is 2. The molecular formula is C13H22N4O. The fourth-order valence-corrected chi connectivity index (χ4v) is 2.24. The van der Waals surface area contributed by atoms with Gasteiger partial charge in [-0.1, -0.05) is 0 Å². The lowest BCUT2D eigenvalue weighted by Crippen LogP contribution is -2.29. The van der Waals surface area contributed by atoms with Crippen LogP contribution in [0.2, 0.25) is 0 Å². The third-order valence-electron chi connectivity index (χ3n) is 3.35. The van der Waals surface area contributed by atoms with Gasteiger partial charge in [-0.3, -0.25) is 0 Å². The standard InChI is InChI=1S/C13H22N4O/c1-14-11-4-7-17(10-11)12-3-6-16-13(9-12)15-5-2-8-18/h3,6,9,11,14,18H,2,4-5,7-8,10H2,1H3,(H,15,16). The zero-order valence-electron chi connectivity index (χ0n) is 10.9. The number of pyridine rings is 1. The van der Waals surface area contributed by atoms with Gasteiger partial charge < -0.3 is 20.6 Å². The first-order chi connectivity index (χ1) is 8.83. The molecule has 18 heavy (non-hydrogen) atoms. The van der Waals surface area contributed by atoms with Crippen LogP contribution in [0, 0.1) is 0 Å². The fourth-order valence-electron chi connectivity index (χ4n) is 2.24. The smallest absolute Gasteiger partial charge is 0.127 e. The van der Waals surface area contributed by atoms with Crippen molar-refractivity contribution in [2.24, 2.45) is 0 Å². The number of aromatic nitrogens is 1. The highest BCUT2D eigenvalue weighted by Gasteiger charge is 2.21. The van der Waals surface area contributed by atoms with Gasteiger partial charge in [-0.15, -0.1) is 0 Å². The third-order valence-corrected chi connectivity index (χ3v) is 3.35. The highest BCUT2D eigenvalue weighted by Crippen LogP contribution is 2.21. The Morgan fingerprint density at radius 1 is 1.56 bits per heavy atom. The summed E-state index contributed by atoms with van der Waals surface area (Å²) in [6.45, 7) is 3.11. The molecule has 5 nitrogen and oxygen atoms in total. The van der Waals surface area contributed by atoms with E-state index >= 15 is 0 Å². The van der Waals surface area contributed by atoms with Crippen LogP contribution >= 0.6 is 0 Å². The summed E-state index contributed by atoms with van der Waals surface area (Å²) in [5, 5.41) is 15.3. The second-order valence-corrected chi connectivity index (χ2v) is 4.62. The number of likely N-dealkylation sites (N-methyl/N-ethyl adjacent to an activating group) is 1. The monoisotopic (exact) mass is 250 g/mol. The van der Waals surface area contributed by atoms with Crippen molar-refractivity contribution in [2.75, 3.05) is 43.5 Å². The molecule has 0 bridgehead atoms. The van der Waals surface area contributed by atoms with Crippen molar-refractivity contribution in [1.29, 1.82) is 0 Å². The predicted octanol–water partition coefficient (Wildman–Crippen LogP) is 0.674. The van der Waals surface area contributed by atoms with Gasteiger partial charge in [0, 0.05) is 50.2 Å². The average Bonchev–Trinajstić information content (AvgIpc) is 2.88. The van der Waals surface area contributed by atoms with Crippen molar-refractivity contribution < 1.29 is 5.11 Å². The first-order valence-electron chi connectivity index (χ1n) is 6.56. The molecule has 100 valence electrons. The van der Waals surface area contributed by atoms with Crippen molar-refractivity contribution in [3.05, 3.63) is 18.3 Å². The summed E-state index contributed by atoms with van der Waals surface area (Å²) in [5.74, 6) is 0.883. The normalized spacial score (nSPS) is 19.2. The topological polar surface area (TPSA) is 60.4 Å². The number of rotatable bonds is 6. The van der Waals surface area contributed by atoms with Gasteiger partial charge in [-0.05, 0) is 26.0 Å². The first kappa shape index (κ1) is 13.1. The minimum Gasteiger partial charge on any atom is -0.396 e. The van der Waals surface area contributed by atoms with E-state index in [2.05, 4.69) is 32.7 Å². The Hall–Kier alpha value is -1.33. The van der Waals surface area contributed by atoms with Gasteiger partial charge in [0.1, 0.15) is 5.82 Å². The van der Waals surface area contributed by atoms with E-state index < -0.39 is 0 Å². The Morgan fingerprint density at radius 3 is 3.17 bits per heavy atom. The number of aliphatic hydroxyl groups excluding tert-OH is 1. The van der Waals surface area contributed by atoms with Crippen LogP contribution < -0.4 is 15.5 Å². The lowest BCUT2D eigenvalue weighted by Gasteiger charge is -2.19. The van der Waals surface area contributed by atoms with E-state index in [9.17, 15) is 0 Å². The number of aliphatic hydroxyl groups is 1. The second kappa shape index (κ2) is 6.56. The van der Waals surface area contributed by atoms with Crippen LogP contribution in [0.1, 0.15) is 12.8 Å². The average molecular weight is 250 g/mol. The molecule has 0 saturated carbocycles. The molecule has 2 rings (SSSR count). The maximum atomic E-state index is 8.75. The SMILES string of the molecule is CNC1CCN(c2ccnc(NCCCO)c2)C1. The Morgan fingerprint density at radius 2 is 2.44 bits per heavy atom. The number of hydrogen-bond acceptors (Lipinski definition) is 5. The van der Waals surface area contributed by atoms with Crippen LogP contribution in [0.3, 0.4) is 0 Å². The summed E-state index contributed by atoms with van der Waals surface area (Å²) < 4.78 is 0. The maximum Gasteiger partial charge on any atom is 0.127 e. The summed E-state index contributed by atoms with van der Waals surface area (Å²) in [4.78, 5) is 6.66. The Balaban J connectivity index is 1.94. The van der Waals surface area contributed by atoms with Gasteiger partial charge in [-0.25, -0.2) is 4.98 Å². The van der Waals surface area contributed by atoms with E-state index in [-0.39, 0.29) is 6.61 Å². The lowest BCUT2D eigenvalue weighted by atomic mass is 10.3. The molecule has 3 N–H and O–H groups in total. The van der Waals surface area contributed by atoms with Crippen LogP contribution in [0.25, 0.3) is 0 Å². The highest BCUT2D eigenvalue weighted by molar-refractivity contribution is 5.54. The Bertz CT molecular complexity index is 372. The molecule has 1 aliphatic heterocycles. The van der Waals surface area contributed by atoms with Crippen molar-refractivity contribution in [3.63, 3.8) is 0 Å². The van der Waals surface area contributed by atoms with E-state index in [1.807, 2.05) is 13.2 Å². The van der Waals surface area contributed by atoms with Gasteiger partial charge in [0.05, 0.1) is 0 Å². The van der Waals surface area contributed by atoms with Crippen LogP contribution in [0.15, 0.2) is 18.3 Å². The van der Waals surface area contributed by atoms with E-state index in [1.54, 1.807) is 0 Å². The van der Waals surface area contributed by atoms with Crippen molar-refractivity contribution in [1.82, 2.24) is 10.3 Å². The summed E-state index contributed by atoms with van der Waals surface area (Å²) in [5.41, 5.74) is 1.22. The van der Waals surface area contributed by atoms with Crippen LogP contribution in [0.4, 0.5) is 11.5 Å². The molecule has 0 aromatic carbocycles. The van der Waals surface area contributed by atoms with Gasteiger partial charge >= 0.3 is 0 Å².